The van der Waals surface area contributed by atoms with Crippen LogP contribution < -0.4 is 5.73 Å². The Labute approximate surface area is 141 Å². The van der Waals surface area contributed by atoms with E-state index in [0.717, 1.165) is 12.1 Å². The molecule has 0 aliphatic carbocycles. The molecule has 0 aliphatic heterocycles. The topological polar surface area (TPSA) is 133 Å². The summed E-state index contributed by atoms with van der Waals surface area (Å²) in [5.74, 6) is -1.03. The van der Waals surface area contributed by atoms with Gasteiger partial charge in [0.15, 0.2) is 0 Å². The summed E-state index contributed by atoms with van der Waals surface area (Å²) >= 11 is 6.50. The zero-order valence-corrected chi connectivity index (χ0v) is 14.1. The lowest BCUT2D eigenvalue weighted by Gasteiger charge is -2.21. The van der Waals surface area contributed by atoms with Gasteiger partial charge in [0.25, 0.3) is 11.4 Å². The molecular weight excluding hydrogens is 344 g/mol. The Morgan fingerprint density at radius 1 is 1.30 bits per heavy atom. The van der Waals surface area contributed by atoms with Crippen LogP contribution in [0.25, 0.3) is 0 Å². The molecule has 0 unspecified atom stereocenters. The number of hydrogen-bond acceptors (Lipinski definition) is 7. The standard InChI is InChI=1S/C12H14N4O5S2/c1-6(2)23-14(3)12(22)10-8(11(13)17)4-7(15(18)19)5-9(10)16(20)21/h4-6H,1-3H3,(H2,13,17). The summed E-state index contributed by atoms with van der Waals surface area (Å²) in [6, 6.07) is 1.66. The Morgan fingerprint density at radius 2 is 1.87 bits per heavy atom. The van der Waals surface area contributed by atoms with E-state index in [-0.39, 0.29) is 21.4 Å². The smallest absolute Gasteiger partial charge is 0.287 e. The molecule has 0 saturated carbocycles. The number of rotatable bonds is 6. The zero-order valence-electron chi connectivity index (χ0n) is 12.5. The number of nitro benzene ring substituents is 2. The SMILES string of the molecule is CC(C)SN(C)C(=S)c1c(C(N)=O)cc([N+](=O)[O-])cc1[N+](=O)[O-]. The molecule has 9 nitrogen and oxygen atoms in total. The second kappa shape index (κ2) is 7.33. The molecule has 124 valence electrons. The molecule has 0 fully saturated rings. The fraction of sp³-hybridized carbons (Fsp3) is 0.333. The second-order valence-electron chi connectivity index (χ2n) is 4.72. The van der Waals surface area contributed by atoms with Crippen molar-refractivity contribution in [2.24, 2.45) is 5.73 Å². The minimum Gasteiger partial charge on any atom is -0.366 e. The van der Waals surface area contributed by atoms with Gasteiger partial charge in [0.05, 0.1) is 21.5 Å². The van der Waals surface area contributed by atoms with Crippen LogP contribution in [0.15, 0.2) is 12.1 Å². The Morgan fingerprint density at radius 3 is 2.26 bits per heavy atom. The number of nitro groups is 2. The van der Waals surface area contributed by atoms with Gasteiger partial charge in [-0.2, -0.15) is 0 Å². The van der Waals surface area contributed by atoms with Crippen molar-refractivity contribution < 1.29 is 14.6 Å². The van der Waals surface area contributed by atoms with Gasteiger partial charge in [0, 0.05) is 18.4 Å². The third-order valence-corrected chi connectivity index (χ3v) is 4.16. The van der Waals surface area contributed by atoms with Gasteiger partial charge in [-0.1, -0.05) is 26.1 Å². The first-order chi connectivity index (χ1) is 10.6. The average molecular weight is 358 g/mol. The maximum absolute atomic E-state index is 11.6. The van der Waals surface area contributed by atoms with Crippen molar-refractivity contribution in [1.82, 2.24) is 4.31 Å². The minimum atomic E-state index is -1.03. The van der Waals surface area contributed by atoms with E-state index in [1.807, 2.05) is 13.8 Å². The van der Waals surface area contributed by atoms with Crippen LogP contribution >= 0.6 is 24.2 Å². The Kier molecular flexibility index (Phi) is 5.98. The molecule has 11 heteroatoms. The monoisotopic (exact) mass is 358 g/mol. The van der Waals surface area contributed by atoms with Crippen LogP contribution in [0.2, 0.25) is 0 Å². The third-order valence-electron chi connectivity index (χ3n) is 2.64. The number of hydrogen-bond donors (Lipinski definition) is 1. The van der Waals surface area contributed by atoms with Crippen molar-refractivity contribution in [2.75, 3.05) is 7.05 Å². The number of non-ortho nitro benzene ring substituents is 1. The maximum atomic E-state index is 11.6. The largest absolute Gasteiger partial charge is 0.366 e. The lowest BCUT2D eigenvalue weighted by atomic mass is 10.0. The average Bonchev–Trinajstić information content (AvgIpc) is 2.43. The summed E-state index contributed by atoms with van der Waals surface area (Å²) in [6.45, 7) is 3.78. The highest BCUT2D eigenvalue weighted by Gasteiger charge is 2.30. The number of benzene rings is 1. The van der Waals surface area contributed by atoms with Crippen molar-refractivity contribution >= 4 is 46.4 Å². The van der Waals surface area contributed by atoms with Gasteiger partial charge in [0.2, 0.25) is 5.91 Å². The minimum absolute atomic E-state index is 0.000835. The van der Waals surface area contributed by atoms with Gasteiger partial charge in [0.1, 0.15) is 10.6 Å². The number of nitrogens with two attached hydrogens (primary N) is 1. The highest BCUT2D eigenvalue weighted by molar-refractivity contribution is 7.99. The highest BCUT2D eigenvalue weighted by Crippen LogP contribution is 2.31. The Balaban J connectivity index is 3.61. The number of primary amides is 1. The number of nitrogens with zero attached hydrogens (tertiary/aromatic N) is 3. The quantitative estimate of drug-likeness (QED) is 0.354. The van der Waals surface area contributed by atoms with Crippen molar-refractivity contribution in [1.29, 1.82) is 0 Å². The molecule has 0 heterocycles. The van der Waals surface area contributed by atoms with Crippen molar-refractivity contribution in [3.63, 3.8) is 0 Å². The highest BCUT2D eigenvalue weighted by atomic mass is 32.2. The molecule has 0 saturated heterocycles. The van der Waals surface area contributed by atoms with Crippen LogP contribution in [0.4, 0.5) is 11.4 Å². The van der Waals surface area contributed by atoms with Gasteiger partial charge in [-0.3, -0.25) is 25.0 Å². The lowest BCUT2D eigenvalue weighted by Crippen LogP contribution is -2.26. The van der Waals surface area contributed by atoms with Gasteiger partial charge in [-0.15, -0.1) is 0 Å². The summed E-state index contributed by atoms with van der Waals surface area (Å²) in [4.78, 5) is 32.1. The van der Waals surface area contributed by atoms with Gasteiger partial charge >= 0.3 is 0 Å². The predicted molar refractivity (Wildman–Crippen MR) is 90.5 cm³/mol. The van der Waals surface area contributed by atoms with Crippen LogP contribution in [-0.2, 0) is 0 Å². The first-order valence-corrected chi connectivity index (χ1v) is 7.52. The summed E-state index contributed by atoms with van der Waals surface area (Å²) < 4.78 is 1.49. The van der Waals surface area contributed by atoms with E-state index in [2.05, 4.69) is 0 Å². The first-order valence-electron chi connectivity index (χ1n) is 6.27. The zero-order chi connectivity index (χ0) is 17.9. The number of carbonyl (C=O) groups is 1. The van der Waals surface area contributed by atoms with E-state index in [1.54, 1.807) is 7.05 Å². The molecule has 1 aromatic rings. The van der Waals surface area contributed by atoms with Crippen molar-refractivity contribution in [3.05, 3.63) is 43.5 Å². The molecule has 2 N–H and O–H groups in total. The van der Waals surface area contributed by atoms with Gasteiger partial charge in [-0.05, 0) is 11.9 Å². The molecule has 0 atom stereocenters. The fourth-order valence-corrected chi connectivity index (χ4v) is 2.97. The molecule has 23 heavy (non-hydrogen) atoms. The van der Waals surface area contributed by atoms with E-state index < -0.39 is 27.1 Å². The van der Waals surface area contributed by atoms with Crippen molar-refractivity contribution in [2.45, 2.75) is 19.1 Å². The normalized spacial score (nSPS) is 10.4. The molecule has 0 aliphatic rings. The number of carbonyl (C=O) groups excluding carboxylic acids is 1. The maximum Gasteiger partial charge on any atom is 0.287 e. The Bertz CT molecular complexity index is 657. The Hall–Kier alpha value is -2.27. The van der Waals surface area contributed by atoms with Crippen LogP contribution in [-0.4, -0.2) is 37.3 Å². The van der Waals surface area contributed by atoms with E-state index in [0.29, 0.717) is 0 Å². The first kappa shape index (κ1) is 18.8. The molecule has 0 aromatic heterocycles. The molecule has 0 radical (unpaired) electrons. The molecule has 0 spiro atoms. The van der Waals surface area contributed by atoms with Crippen LogP contribution in [0.3, 0.4) is 0 Å². The second-order valence-corrected chi connectivity index (χ2v) is 6.81. The summed E-state index contributed by atoms with van der Waals surface area (Å²) in [5, 5.41) is 22.3. The van der Waals surface area contributed by atoms with E-state index in [9.17, 15) is 25.0 Å². The molecule has 1 aromatic carbocycles. The number of amides is 1. The molecular formula is C12H14N4O5S2. The van der Waals surface area contributed by atoms with E-state index in [4.69, 9.17) is 18.0 Å². The van der Waals surface area contributed by atoms with Gasteiger partial charge < -0.3 is 10.0 Å². The van der Waals surface area contributed by atoms with Crippen LogP contribution in [0, 0.1) is 20.2 Å². The summed E-state index contributed by atoms with van der Waals surface area (Å²) in [6.07, 6.45) is 0. The van der Waals surface area contributed by atoms with Crippen LogP contribution in [0.1, 0.15) is 29.8 Å². The van der Waals surface area contributed by atoms with Gasteiger partial charge in [-0.25, -0.2) is 0 Å². The van der Waals surface area contributed by atoms with E-state index in [1.165, 1.54) is 16.3 Å². The van der Waals surface area contributed by atoms with E-state index >= 15 is 0 Å². The lowest BCUT2D eigenvalue weighted by molar-refractivity contribution is -0.394. The van der Waals surface area contributed by atoms with Crippen molar-refractivity contribution in [3.8, 4) is 0 Å². The molecule has 1 amide bonds. The molecule has 0 bridgehead atoms. The predicted octanol–water partition coefficient (Wildman–Crippen LogP) is 2.27. The fourth-order valence-electron chi connectivity index (χ4n) is 1.80. The van der Waals surface area contributed by atoms with Crippen LogP contribution in [0.5, 0.6) is 0 Å². The third kappa shape index (κ3) is 4.36. The summed E-state index contributed by atoms with van der Waals surface area (Å²) in [5.41, 5.74) is 3.44. The molecule has 1 rings (SSSR count). The number of thiocarbonyl (C=S) groups is 1. The summed E-state index contributed by atoms with van der Waals surface area (Å²) in [7, 11) is 1.59.